The van der Waals surface area contributed by atoms with Crippen LogP contribution >= 0.6 is 0 Å². The average molecular weight is 317 g/mol. The molecule has 1 N–H and O–H groups in total. The predicted octanol–water partition coefficient (Wildman–Crippen LogP) is 5.65. The molecule has 0 fully saturated rings. The van der Waals surface area contributed by atoms with E-state index in [0.717, 1.165) is 38.5 Å². The van der Waals surface area contributed by atoms with Crippen molar-refractivity contribution in [1.29, 1.82) is 0 Å². The van der Waals surface area contributed by atoms with Crippen LogP contribution in [-0.2, 0) is 9.47 Å². The molecule has 0 aromatic rings. The Kier molecular flexibility index (Phi) is 12.3. The fourth-order valence-electron chi connectivity index (χ4n) is 3.24. The minimum absolute atomic E-state index is 0.305. The van der Waals surface area contributed by atoms with Gasteiger partial charge < -0.3 is 14.6 Å². The van der Waals surface area contributed by atoms with Gasteiger partial charge in [-0.2, -0.15) is 0 Å². The van der Waals surface area contributed by atoms with Gasteiger partial charge in [-0.1, -0.05) is 72.6 Å². The van der Waals surface area contributed by atoms with Crippen molar-refractivity contribution in [3.8, 4) is 0 Å². The van der Waals surface area contributed by atoms with E-state index in [1.54, 1.807) is 7.11 Å². The Bertz CT molecular complexity index is 251. The van der Waals surface area contributed by atoms with Gasteiger partial charge in [-0.15, -0.1) is 0 Å². The van der Waals surface area contributed by atoms with Gasteiger partial charge in [0, 0.05) is 7.11 Å². The van der Waals surface area contributed by atoms with E-state index < -0.39 is 5.97 Å². The molecule has 0 heterocycles. The topological polar surface area (TPSA) is 38.7 Å². The molecule has 0 aliphatic rings. The number of aliphatic hydroxyl groups is 1. The molecule has 0 aromatic carbocycles. The van der Waals surface area contributed by atoms with Gasteiger partial charge in [0.1, 0.15) is 0 Å². The van der Waals surface area contributed by atoms with Gasteiger partial charge in [-0.25, -0.2) is 0 Å². The molecular formula is C19H40O3. The SMILES string of the molecule is CCCCCCCCC(CC)(CC)C(O)(OC)OCCCC. The molecule has 0 amide bonds. The molecule has 0 saturated carbocycles. The zero-order chi connectivity index (χ0) is 16.9. The molecule has 0 radical (unpaired) electrons. The van der Waals surface area contributed by atoms with Crippen molar-refractivity contribution in [2.75, 3.05) is 13.7 Å². The van der Waals surface area contributed by atoms with Crippen LogP contribution in [0.3, 0.4) is 0 Å². The second kappa shape index (κ2) is 12.3. The Balaban J connectivity index is 4.59. The van der Waals surface area contributed by atoms with Crippen LogP contribution < -0.4 is 0 Å². The monoisotopic (exact) mass is 316 g/mol. The van der Waals surface area contributed by atoms with E-state index in [0.29, 0.717) is 6.61 Å². The second-order valence-corrected chi connectivity index (χ2v) is 6.49. The van der Waals surface area contributed by atoms with Crippen LogP contribution in [0.25, 0.3) is 0 Å². The molecule has 3 heteroatoms. The molecule has 0 spiro atoms. The summed E-state index contributed by atoms with van der Waals surface area (Å²) in [5, 5.41) is 11.0. The van der Waals surface area contributed by atoms with Crippen molar-refractivity contribution in [2.45, 2.75) is 104 Å². The highest BCUT2D eigenvalue weighted by atomic mass is 16.8. The number of hydrogen-bond donors (Lipinski definition) is 1. The predicted molar refractivity (Wildman–Crippen MR) is 93.8 cm³/mol. The van der Waals surface area contributed by atoms with Gasteiger partial charge in [0.25, 0.3) is 5.97 Å². The molecule has 0 rings (SSSR count). The minimum atomic E-state index is -1.45. The van der Waals surface area contributed by atoms with E-state index in [4.69, 9.17) is 9.47 Å². The highest BCUT2D eigenvalue weighted by Gasteiger charge is 2.49. The van der Waals surface area contributed by atoms with Gasteiger partial charge in [-0.05, 0) is 25.7 Å². The lowest BCUT2D eigenvalue weighted by Gasteiger charge is -2.44. The van der Waals surface area contributed by atoms with Crippen LogP contribution in [0.15, 0.2) is 0 Å². The Labute approximate surface area is 138 Å². The quantitative estimate of drug-likeness (QED) is 0.313. The molecule has 0 saturated heterocycles. The maximum atomic E-state index is 11.0. The molecular weight excluding hydrogens is 276 g/mol. The third-order valence-corrected chi connectivity index (χ3v) is 5.10. The number of hydrogen-bond acceptors (Lipinski definition) is 3. The Morgan fingerprint density at radius 1 is 0.773 bits per heavy atom. The summed E-state index contributed by atoms with van der Waals surface area (Å²) in [4.78, 5) is 0. The number of unbranched alkanes of at least 4 members (excludes halogenated alkanes) is 6. The Morgan fingerprint density at radius 2 is 1.32 bits per heavy atom. The highest BCUT2D eigenvalue weighted by Crippen LogP contribution is 2.44. The van der Waals surface area contributed by atoms with E-state index in [2.05, 4.69) is 27.7 Å². The fourth-order valence-corrected chi connectivity index (χ4v) is 3.24. The minimum Gasteiger partial charge on any atom is -0.343 e. The number of rotatable bonds is 15. The standard InChI is InChI=1S/C19H40O3/c1-6-10-12-13-14-15-16-18(8-3,9-4)19(20,21-5)22-17-11-7-2/h20H,6-17H2,1-5H3. The first-order chi connectivity index (χ1) is 10.6. The summed E-state index contributed by atoms with van der Waals surface area (Å²) in [6.07, 6.45) is 12.3. The largest absolute Gasteiger partial charge is 0.343 e. The molecule has 134 valence electrons. The van der Waals surface area contributed by atoms with Crippen LogP contribution in [0.2, 0.25) is 0 Å². The first-order valence-corrected chi connectivity index (χ1v) is 9.47. The van der Waals surface area contributed by atoms with E-state index in [1.165, 1.54) is 32.1 Å². The first-order valence-electron chi connectivity index (χ1n) is 9.47. The lowest BCUT2D eigenvalue weighted by molar-refractivity contribution is -0.408. The Hall–Kier alpha value is -0.120. The molecule has 0 bridgehead atoms. The summed E-state index contributed by atoms with van der Waals surface area (Å²) in [6, 6.07) is 0. The van der Waals surface area contributed by atoms with Crippen LogP contribution in [-0.4, -0.2) is 24.8 Å². The van der Waals surface area contributed by atoms with Crippen molar-refractivity contribution in [1.82, 2.24) is 0 Å². The van der Waals surface area contributed by atoms with Crippen LogP contribution in [0, 0.1) is 5.41 Å². The van der Waals surface area contributed by atoms with Gasteiger partial charge >= 0.3 is 0 Å². The van der Waals surface area contributed by atoms with Crippen molar-refractivity contribution >= 4 is 0 Å². The summed E-state index contributed by atoms with van der Waals surface area (Å²) in [7, 11) is 1.56. The van der Waals surface area contributed by atoms with Crippen LogP contribution in [0.5, 0.6) is 0 Å². The van der Waals surface area contributed by atoms with Gasteiger partial charge in [-0.3, -0.25) is 0 Å². The molecule has 0 aromatic heterocycles. The molecule has 1 atom stereocenters. The van der Waals surface area contributed by atoms with E-state index in [-0.39, 0.29) is 5.41 Å². The summed E-state index contributed by atoms with van der Waals surface area (Å²) in [6.45, 7) is 9.19. The maximum Gasteiger partial charge on any atom is 0.286 e. The summed E-state index contributed by atoms with van der Waals surface area (Å²) in [5.41, 5.74) is -0.305. The van der Waals surface area contributed by atoms with Crippen LogP contribution in [0.1, 0.15) is 98.3 Å². The average Bonchev–Trinajstić information content (AvgIpc) is 2.54. The lowest BCUT2D eigenvalue weighted by Crippen LogP contribution is -2.51. The van der Waals surface area contributed by atoms with Gasteiger partial charge in [0.05, 0.1) is 12.0 Å². The van der Waals surface area contributed by atoms with E-state index in [1.807, 2.05) is 0 Å². The molecule has 0 aliphatic heterocycles. The second-order valence-electron chi connectivity index (χ2n) is 6.49. The molecule has 3 nitrogen and oxygen atoms in total. The third kappa shape index (κ3) is 6.55. The smallest absolute Gasteiger partial charge is 0.286 e. The van der Waals surface area contributed by atoms with Crippen molar-refractivity contribution < 1.29 is 14.6 Å². The van der Waals surface area contributed by atoms with Crippen molar-refractivity contribution in [3.05, 3.63) is 0 Å². The zero-order valence-corrected chi connectivity index (χ0v) is 15.7. The van der Waals surface area contributed by atoms with Crippen molar-refractivity contribution in [2.24, 2.45) is 5.41 Å². The third-order valence-electron chi connectivity index (χ3n) is 5.10. The number of methoxy groups -OCH3 is 1. The van der Waals surface area contributed by atoms with E-state index in [9.17, 15) is 5.11 Å². The normalized spacial score (nSPS) is 15.0. The van der Waals surface area contributed by atoms with Crippen molar-refractivity contribution in [3.63, 3.8) is 0 Å². The van der Waals surface area contributed by atoms with Crippen LogP contribution in [0.4, 0.5) is 0 Å². The molecule has 1 unspecified atom stereocenters. The summed E-state index contributed by atoms with van der Waals surface area (Å²) in [5.74, 6) is -1.45. The maximum absolute atomic E-state index is 11.0. The van der Waals surface area contributed by atoms with E-state index >= 15 is 0 Å². The van der Waals surface area contributed by atoms with Gasteiger partial charge in [0.2, 0.25) is 0 Å². The zero-order valence-electron chi connectivity index (χ0n) is 15.7. The molecule has 0 aliphatic carbocycles. The lowest BCUT2D eigenvalue weighted by atomic mass is 9.75. The summed E-state index contributed by atoms with van der Waals surface area (Å²) < 4.78 is 11.3. The highest BCUT2D eigenvalue weighted by molar-refractivity contribution is 4.85. The first kappa shape index (κ1) is 21.9. The summed E-state index contributed by atoms with van der Waals surface area (Å²) >= 11 is 0. The number of ether oxygens (including phenoxy) is 2. The fraction of sp³-hybridized carbons (Fsp3) is 1.00. The van der Waals surface area contributed by atoms with Gasteiger partial charge in [0.15, 0.2) is 0 Å². The Morgan fingerprint density at radius 3 is 1.82 bits per heavy atom. The molecule has 22 heavy (non-hydrogen) atoms.